The number of nitrogens with one attached hydrogen (secondary N) is 1. The number of aromatic nitrogens is 1. The summed E-state index contributed by atoms with van der Waals surface area (Å²) >= 11 is 0. The molecule has 0 radical (unpaired) electrons. The minimum absolute atomic E-state index is 0.0492. The summed E-state index contributed by atoms with van der Waals surface area (Å²) in [5, 5.41) is 0. The lowest BCUT2D eigenvalue weighted by Gasteiger charge is -2.08. The second kappa shape index (κ2) is 5.27. The van der Waals surface area contributed by atoms with Gasteiger partial charge < -0.3 is 4.98 Å². The Hall–Kier alpha value is -2.09. The van der Waals surface area contributed by atoms with Crippen molar-refractivity contribution in [1.82, 2.24) is 4.98 Å². The van der Waals surface area contributed by atoms with E-state index >= 15 is 0 Å². The lowest BCUT2D eigenvalue weighted by Crippen LogP contribution is -1.99. The van der Waals surface area contributed by atoms with Crippen LogP contribution >= 0.6 is 0 Å². The third-order valence-electron chi connectivity index (χ3n) is 3.61. The minimum atomic E-state index is 0.0492. The fraction of sp³-hybridized carbons (Fsp3) is 0.235. The van der Waals surface area contributed by atoms with Gasteiger partial charge in [0.25, 0.3) is 0 Å². The van der Waals surface area contributed by atoms with Crippen LogP contribution in [0.3, 0.4) is 0 Å². The maximum absolute atomic E-state index is 12.0. The minimum Gasteiger partial charge on any atom is -0.359 e. The predicted octanol–water partition coefficient (Wildman–Crippen LogP) is 3.79. The summed E-state index contributed by atoms with van der Waals surface area (Å²) in [7, 11) is 0. The molecule has 0 unspecified atom stereocenters. The van der Waals surface area contributed by atoms with Gasteiger partial charge in [0, 0.05) is 17.0 Å². The Morgan fingerprint density at radius 3 is 2.68 bits per heavy atom. The molecule has 1 aromatic heterocycles. The van der Waals surface area contributed by atoms with Crippen molar-refractivity contribution in [3.8, 4) is 0 Å². The highest BCUT2D eigenvalue weighted by Crippen LogP contribution is 2.22. The zero-order valence-electron chi connectivity index (χ0n) is 10.9. The maximum atomic E-state index is 12.0. The summed E-state index contributed by atoms with van der Waals surface area (Å²) in [5.41, 5.74) is 4.53. The number of rotatable bonds is 3. The summed E-state index contributed by atoms with van der Waals surface area (Å²) in [6, 6.07) is 11.5. The lowest BCUT2D eigenvalue weighted by atomic mass is 9.98. The van der Waals surface area contributed by atoms with E-state index in [1.165, 1.54) is 24.1 Å². The summed E-state index contributed by atoms with van der Waals surface area (Å²) in [6.07, 6.45) is 8.36. The molecule has 2 heteroatoms. The molecule has 0 atom stereocenters. The third kappa shape index (κ3) is 2.68. The normalized spacial score (nSPS) is 14.5. The molecule has 0 fully saturated rings. The van der Waals surface area contributed by atoms with Crippen molar-refractivity contribution < 1.29 is 4.79 Å². The smallest absolute Gasteiger partial charge is 0.185 e. The number of carbonyl (C=O) groups excluding carboxylic acids is 1. The van der Waals surface area contributed by atoms with E-state index in [9.17, 15) is 4.79 Å². The number of aryl methyl sites for hydroxylation is 2. The zero-order chi connectivity index (χ0) is 13.1. The molecule has 0 bridgehead atoms. The molecule has 1 aromatic carbocycles. The van der Waals surface area contributed by atoms with Crippen LogP contribution in [0, 0.1) is 0 Å². The van der Waals surface area contributed by atoms with E-state index in [-0.39, 0.29) is 5.78 Å². The first-order chi connectivity index (χ1) is 9.33. The van der Waals surface area contributed by atoms with Crippen LogP contribution in [0.25, 0.3) is 6.08 Å². The number of allylic oxidation sites excluding steroid dienone is 1. The van der Waals surface area contributed by atoms with Crippen LogP contribution in [-0.4, -0.2) is 10.8 Å². The number of carbonyl (C=O) groups is 1. The van der Waals surface area contributed by atoms with Crippen molar-refractivity contribution in [2.75, 3.05) is 0 Å². The Morgan fingerprint density at radius 1 is 1.11 bits per heavy atom. The fourth-order valence-corrected chi connectivity index (χ4v) is 2.58. The second-order valence-corrected chi connectivity index (χ2v) is 5.00. The highest BCUT2D eigenvalue weighted by molar-refractivity contribution is 6.06. The molecule has 0 spiro atoms. The van der Waals surface area contributed by atoms with E-state index in [0.717, 1.165) is 24.1 Å². The molecule has 0 saturated carbocycles. The first-order valence-electron chi connectivity index (χ1n) is 6.81. The molecule has 1 aliphatic rings. The average molecular weight is 251 g/mol. The Balaban J connectivity index is 1.76. The highest BCUT2D eigenvalue weighted by atomic mass is 16.1. The molecule has 2 aromatic rings. The highest BCUT2D eigenvalue weighted by Gasteiger charge is 2.11. The third-order valence-corrected chi connectivity index (χ3v) is 3.61. The summed E-state index contributed by atoms with van der Waals surface area (Å²) in [4.78, 5) is 15.4. The quantitative estimate of drug-likeness (QED) is 0.653. The van der Waals surface area contributed by atoms with Crippen molar-refractivity contribution in [3.63, 3.8) is 0 Å². The van der Waals surface area contributed by atoms with E-state index in [4.69, 9.17) is 0 Å². The Bertz CT molecular complexity index is 584. The van der Waals surface area contributed by atoms with Gasteiger partial charge >= 0.3 is 0 Å². The van der Waals surface area contributed by atoms with E-state index in [1.54, 1.807) is 6.08 Å². The molecular formula is C17H17NO. The van der Waals surface area contributed by atoms with Crippen molar-refractivity contribution in [2.45, 2.75) is 25.7 Å². The number of benzene rings is 1. The van der Waals surface area contributed by atoms with E-state index < -0.39 is 0 Å². The Morgan fingerprint density at radius 2 is 1.89 bits per heavy atom. The van der Waals surface area contributed by atoms with Gasteiger partial charge in [-0.3, -0.25) is 4.79 Å². The molecule has 19 heavy (non-hydrogen) atoms. The van der Waals surface area contributed by atoms with Gasteiger partial charge in [0.2, 0.25) is 0 Å². The van der Waals surface area contributed by atoms with Crippen molar-refractivity contribution >= 4 is 11.9 Å². The molecule has 1 heterocycles. The van der Waals surface area contributed by atoms with Gasteiger partial charge in [-0.05, 0) is 49.5 Å². The van der Waals surface area contributed by atoms with Crippen LogP contribution in [0.4, 0.5) is 0 Å². The van der Waals surface area contributed by atoms with Crippen LogP contribution in [0.15, 0.2) is 42.5 Å². The van der Waals surface area contributed by atoms with Gasteiger partial charge in [-0.25, -0.2) is 0 Å². The largest absolute Gasteiger partial charge is 0.359 e. The number of H-pyrrole nitrogens is 1. The molecule has 1 aliphatic carbocycles. The summed E-state index contributed by atoms with van der Waals surface area (Å²) in [6.45, 7) is 0. The van der Waals surface area contributed by atoms with Crippen LogP contribution in [0.1, 0.15) is 40.2 Å². The molecule has 3 rings (SSSR count). The molecule has 0 aliphatic heterocycles. The number of hydrogen-bond acceptors (Lipinski definition) is 1. The molecular weight excluding hydrogens is 234 g/mol. The van der Waals surface area contributed by atoms with Gasteiger partial charge in [0.05, 0.1) is 0 Å². The van der Waals surface area contributed by atoms with Crippen LogP contribution in [0.2, 0.25) is 0 Å². The Kier molecular flexibility index (Phi) is 3.32. The molecule has 2 nitrogen and oxygen atoms in total. The van der Waals surface area contributed by atoms with Crippen molar-refractivity contribution in [1.29, 1.82) is 0 Å². The van der Waals surface area contributed by atoms with Gasteiger partial charge in [-0.15, -0.1) is 0 Å². The van der Waals surface area contributed by atoms with Gasteiger partial charge in [-0.2, -0.15) is 0 Å². The molecule has 0 saturated heterocycles. The number of fused-ring (bicyclic) bond motifs is 1. The van der Waals surface area contributed by atoms with E-state index in [1.807, 2.05) is 36.4 Å². The maximum Gasteiger partial charge on any atom is 0.185 e. The topological polar surface area (TPSA) is 32.9 Å². The van der Waals surface area contributed by atoms with E-state index in [0.29, 0.717) is 0 Å². The van der Waals surface area contributed by atoms with Gasteiger partial charge in [-0.1, -0.05) is 30.3 Å². The standard InChI is InChI=1S/C17H17NO/c19-17(13-6-2-1-3-7-13)11-10-15-12-14-8-4-5-9-16(14)18-15/h1-3,6-7,10-12,18H,4-5,8-9H2. The second-order valence-electron chi connectivity index (χ2n) is 5.00. The van der Waals surface area contributed by atoms with Crippen LogP contribution in [-0.2, 0) is 12.8 Å². The van der Waals surface area contributed by atoms with Crippen molar-refractivity contribution in [3.05, 3.63) is 65.0 Å². The van der Waals surface area contributed by atoms with Crippen molar-refractivity contribution in [2.24, 2.45) is 0 Å². The van der Waals surface area contributed by atoms with E-state index in [2.05, 4.69) is 11.1 Å². The van der Waals surface area contributed by atoms with Crippen LogP contribution in [0.5, 0.6) is 0 Å². The van der Waals surface area contributed by atoms with Gasteiger partial charge in [0.15, 0.2) is 5.78 Å². The monoisotopic (exact) mass is 251 g/mol. The summed E-state index contributed by atoms with van der Waals surface area (Å²) in [5.74, 6) is 0.0492. The Labute approximate surface area is 113 Å². The predicted molar refractivity (Wildman–Crippen MR) is 77.2 cm³/mol. The molecule has 0 amide bonds. The zero-order valence-corrected chi connectivity index (χ0v) is 10.9. The lowest BCUT2D eigenvalue weighted by molar-refractivity contribution is 0.104. The molecule has 96 valence electrons. The number of ketones is 1. The first kappa shape index (κ1) is 12.0. The van der Waals surface area contributed by atoms with Crippen LogP contribution < -0.4 is 0 Å². The summed E-state index contributed by atoms with van der Waals surface area (Å²) < 4.78 is 0. The number of aromatic amines is 1. The first-order valence-corrected chi connectivity index (χ1v) is 6.81. The molecule has 1 N–H and O–H groups in total. The SMILES string of the molecule is O=C(C=Cc1cc2c([nH]1)CCCC2)c1ccccc1. The van der Waals surface area contributed by atoms with Gasteiger partial charge in [0.1, 0.15) is 0 Å². The fourth-order valence-electron chi connectivity index (χ4n) is 2.58. The number of hydrogen-bond donors (Lipinski definition) is 1. The average Bonchev–Trinajstić information content (AvgIpc) is 2.88.